The molecule has 0 saturated carbocycles. The zero-order valence-electron chi connectivity index (χ0n) is 13.0. The van der Waals surface area contributed by atoms with Gasteiger partial charge in [-0.2, -0.15) is 0 Å². The van der Waals surface area contributed by atoms with Crippen molar-refractivity contribution >= 4 is 40.0 Å². The van der Waals surface area contributed by atoms with Crippen LogP contribution >= 0.6 is 24.0 Å². The maximum absolute atomic E-state index is 12.0. The Morgan fingerprint density at radius 3 is 2.15 bits per heavy atom. The van der Waals surface area contributed by atoms with E-state index in [-0.39, 0.29) is 29.7 Å². The Morgan fingerprint density at radius 1 is 1.10 bits per heavy atom. The zero-order valence-corrected chi connectivity index (χ0v) is 16.1. The lowest BCUT2D eigenvalue weighted by atomic mass is 10.5. The lowest BCUT2D eigenvalue weighted by Crippen LogP contribution is -2.42. The quantitative estimate of drug-likeness (QED) is 0.335. The second-order valence-electron chi connectivity index (χ2n) is 4.09. The third-order valence-electron chi connectivity index (χ3n) is 2.59. The van der Waals surface area contributed by atoms with Crippen LogP contribution < -0.4 is 10.6 Å². The molecule has 0 bridgehead atoms. The first-order chi connectivity index (χ1) is 9.01. The van der Waals surface area contributed by atoms with Gasteiger partial charge < -0.3 is 10.6 Å². The molecule has 122 valence electrons. The second kappa shape index (κ2) is 12.6. The van der Waals surface area contributed by atoms with Crippen LogP contribution in [0.4, 0.5) is 0 Å². The molecule has 0 aliphatic heterocycles. The highest BCUT2D eigenvalue weighted by Gasteiger charge is 2.17. The van der Waals surface area contributed by atoms with Crippen molar-refractivity contribution in [2.45, 2.75) is 34.1 Å². The third kappa shape index (κ3) is 8.96. The van der Waals surface area contributed by atoms with Gasteiger partial charge in [-0.05, 0) is 13.3 Å². The van der Waals surface area contributed by atoms with Gasteiger partial charge in [0.25, 0.3) is 0 Å². The summed E-state index contributed by atoms with van der Waals surface area (Å²) < 4.78 is 25.4. The van der Waals surface area contributed by atoms with Gasteiger partial charge in [0.15, 0.2) is 5.96 Å². The summed E-state index contributed by atoms with van der Waals surface area (Å²) in [6.45, 7) is 10.6. The molecule has 0 heterocycles. The summed E-state index contributed by atoms with van der Waals surface area (Å²) in [5.74, 6) is 0.768. The molecule has 6 nitrogen and oxygen atoms in total. The van der Waals surface area contributed by atoms with Crippen LogP contribution in [0.15, 0.2) is 4.99 Å². The largest absolute Gasteiger partial charge is 0.357 e. The van der Waals surface area contributed by atoms with E-state index >= 15 is 0 Å². The average molecular weight is 420 g/mol. The summed E-state index contributed by atoms with van der Waals surface area (Å²) in [5, 5.41) is 6.14. The molecule has 0 spiro atoms. The highest BCUT2D eigenvalue weighted by atomic mass is 127. The standard InChI is InChI=1S/C12H28N4O2S.HI/c1-5-9-14-12(13-6-2)15-10-11-19(17,18)16(7-3)8-4;/h5-11H2,1-4H3,(H2,13,14,15);1H. The number of nitrogens with zero attached hydrogens (tertiary/aromatic N) is 2. The van der Waals surface area contributed by atoms with Gasteiger partial charge in [-0.1, -0.05) is 20.8 Å². The van der Waals surface area contributed by atoms with Gasteiger partial charge in [-0.3, -0.25) is 4.99 Å². The molecule has 0 aromatic carbocycles. The molecule has 0 amide bonds. The Kier molecular flexibility index (Phi) is 14.0. The summed E-state index contributed by atoms with van der Waals surface area (Å²) in [5.41, 5.74) is 0. The van der Waals surface area contributed by atoms with Crippen molar-refractivity contribution in [1.29, 1.82) is 0 Å². The fourth-order valence-electron chi connectivity index (χ4n) is 1.61. The van der Waals surface area contributed by atoms with E-state index in [2.05, 4.69) is 22.5 Å². The van der Waals surface area contributed by atoms with Crippen LogP contribution in [0.3, 0.4) is 0 Å². The van der Waals surface area contributed by atoms with E-state index in [4.69, 9.17) is 0 Å². The first kappa shape index (κ1) is 22.2. The maximum Gasteiger partial charge on any atom is 0.215 e. The molecule has 0 rings (SSSR count). The molecule has 8 heteroatoms. The predicted molar refractivity (Wildman–Crippen MR) is 96.4 cm³/mol. The van der Waals surface area contributed by atoms with Crippen molar-refractivity contribution in [2.75, 3.05) is 38.5 Å². The maximum atomic E-state index is 12.0. The number of nitrogens with one attached hydrogen (secondary N) is 2. The molecule has 0 aromatic rings. The summed E-state index contributed by atoms with van der Waals surface area (Å²) >= 11 is 0. The smallest absolute Gasteiger partial charge is 0.215 e. The number of guanidine groups is 1. The highest BCUT2D eigenvalue weighted by molar-refractivity contribution is 14.0. The van der Waals surface area contributed by atoms with Crippen LogP contribution in [-0.4, -0.2) is 57.2 Å². The predicted octanol–water partition coefficient (Wildman–Crippen LogP) is 1.24. The minimum absolute atomic E-state index is 0. The van der Waals surface area contributed by atoms with Crippen molar-refractivity contribution in [3.05, 3.63) is 0 Å². The fourth-order valence-corrected chi connectivity index (χ4v) is 3.01. The van der Waals surface area contributed by atoms with Gasteiger partial charge in [-0.25, -0.2) is 12.7 Å². The van der Waals surface area contributed by atoms with E-state index in [9.17, 15) is 8.42 Å². The van der Waals surface area contributed by atoms with Gasteiger partial charge in [0.2, 0.25) is 10.0 Å². The number of aliphatic imine (C=N–C) groups is 1. The van der Waals surface area contributed by atoms with Crippen molar-refractivity contribution < 1.29 is 8.42 Å². The Hall–Kier alpha value is -0.0900. The fraction of sp³-hybridized carbons (Fsp3) is 0.917. The average Bonchev–Trinajstić information content (AvgIpc) is 2.36. The molecule has 0 fully saturated rings. The summed E-state index contributed by atoms with van der Waals surface area (Å²) in [6, 6.07) is 0. The Balaban J connectivity index is 0. The van der Waals surface area contributed by atoms with Gasteiger partial charge in [-0.15, -0.1) is 24.0 Å². The van der Waals surface area contributed by atoms with E-state index in [1.54, 1.807) is 0 Å². The van der Waals surface area contributed by atoms with Gasteiger partial charge in [0.1, 0.15) is 0 Å². The van der Waals surface area contributed by atoms with Crippen LogP contribution in [0.25, 0.3) is 0 Å². The Morgan fingerprint density at radius 2 is 1.70 bits per heavy atom. The first-order valence-electron chi connectivity index (χ1n) is 7.01. The molecule has 0 radical (unpaired) electrons. The molecular weight excluding hydrogens is 391 g/mol. The minimum atomic E-state index is -3.17. The molecule has 0 atom stereocenters. The second-order valence-corrected chi connectivity index (χ2v) is 6.18. The number of hydrogen-bond acceptors (Lipinski definition) is 3. The van der Waals surface area contributed by atoms with Crippen molar-refractivity contribution in [2.24, 2.45) is 4.99 Å². The molecule has 2 N–H and O–H groups in total. The van der Waals surface area contributed by atoms with Crippen LogP contribution in [0.2, 0.25) is 0 Å². The highest BCUT2D eigenvalue weighted by Crippen LogP contribution is 1.99. The van der Waals surface area contributed by atoms with Gasteiger partial charge in [0, 0.05) is 32.7 Å². The SMILES string of the molecule is CCCN=C(NCC)NCCS(=O)(=O)N(CC)CC.I. The van der Waals surface area contributed by atoms with Crippen LogP contribution in [0.5, 0.6) is 0 Å². The van der Waals surface area contributed by atoms with Crippen molar-refractivity contribution in [3.8, 4) is 0 Å². The Labute approximate surface area is 140 Å². The third-order valence-corrected chi connectivity index (χ3v) is 4.61. The van der Waals surface area contributed by atoms with E-state index < -0.39 is 10.0 Å². The first-order valence-corrected chi connectivity index (χ1v) is 8.62. The normalized spacial score (nSPS) is 12.2. The summed E-state index contributed by atoms with van der Waals surface area (Å²) in [7, 11) is -3.17. The molecule has 0 aliphatic carbocycles. The van der Waals surface area contributed by atoms with E-state index in [1.165, 1.54) is 4.31 Å². The van der Waals surface area contributed by atoms with Gasteiger partial charge >= 0.3 is 0 Å². The number of sulfonamides is 1. The topological polar surface area (TPSA) is 73.8 Å². The van der Waals surface area contributed by atoms with E-state index in [1.807, 2.05) is 20.8 Å². The van der Waals surface area contributed by atoms with Crippen molar-refractivity contribution in [1.82, 2.24) is 14.9 Å². The number of hydrogen-bond donors (Lipinski definition) is 2. The summed E-state index contributed by atoms with van der Waals surface area (Å²) in [4.78, 5) is 4.32. The molecule has 0 aliphatic rings. The lowest BCUT2D eigenvalue weighted by molar-refractivity contribution is 0.445. The molecular formula is C12H29IN4O2S. The summed E-state index contributed by atoms with van der Waals surface area (Å²) in [6.07, 6.45) is 0.967. The zero-order chi connectivity index (χ0) is 14.7. The molecule has 0 saturated heterocycles. The van der Waals surface area contributed by atoms with Crippen LogP contribution in [0.1, 0.15) is 34.1 Å². The number of rotatable bonds is 9. The molecule has 0 unspecified atom stereocenters. The van der Waals surface area contributed by atoms with E-state index in [0.717, 1.165) is 19.5 Å². The van der Waals surface area contributed by atoms with E-state index in [0.29, 0.717) is 25.6 Å². The Bertz CT molecular complexity index is 356. The van der Waals surface area contributed by atoms with Crippen LogP contribution in [-0.2, 0) is 10.0 Å². The molecule has 20 heavy (non-hydrogen) atoms. The van der Waals surface area contributed by atoms with Crippen LogP contribution in [0, 0.1) is 0 Å². The van der Waals surface area contributed by atoms with Crippen molar-refractivity contribution in [3.63, 3.8) is 0 Å². The minimum Gasteiger partial charge on any atom is -0.357 e. The monoisotopic (exact) mass is 420 g/mol. The lowest BCUT2D eigenvalue weighted by Gasteiger charge is -2.19. The molecule has 0 aromatic heterocycles. The number of halogens is 1. The van der Waals surface area contributed by atoms with Gasteiger partial charge in [0.05, 0.1) is 5.75 Å².